The van der Waals surface area contributed by atoms with Crippen LogP contribution in [0.2, 0.25) is 0 Å². The summed E-state index contributed by atoms with van der Waals surface area (Å²) in [5.41, 5.74) is 4.07. The molecule has 7 nitrogen and oxygen atoms in total. The molecule has 4 fully saturated rings. The van der Waals surface area contributed by atoms with E-state index in [2.05, 4.69) is 23.9 Å². The molecular formula is C30H37N3O4S. The molecule has 0 spiro atoms. The van der Waals surface area contributed by atoms with Crippen molar-refractivity contribution in [3.05, 3.63) is 40.8 Å². The van der Waals surface area contributed by atoms with Crippen LogP contribution in [0.1, 0.15) is 117 Å². The molecule has 2 saturated carbocycles. The van der Waals surface area contributed by atoms with Gasteiger partial charge in [-0.1, -0.05) is 30.3 Å². The Morgan fingerprint density at radius 3 is 2.53 bits per heavy atom. The number of carboxylic acids is 1. The zero-order valence-electron chi connectivity index (χ0n) is 22.3. The number of carbonyl (C=O) groups is 1. The van der Waals surface area contributed by atoms with Crippen LogP contribution >= 0.6 is 11.3 Å². The number of aromatic carboxylic acids is 1. The lowest BCUT2D eigenvalue weighted by Crippen LogP contribution is -2.45. The van der Waals surface area contributed by atoms with E-state index < -0.39 is 5.97 Å². The largest absolute Gasteiger partial charge is 0.478 e. The van der Waals surface area contributed by atoms with Crippen molar-refractivity contribution in [2.75, 3.05) is 4.90 Å². The fraction of sp³-hybridized carbons (Fsp3) is 0.633. The van der Waals surface area contributed by atoms with Crippen LogP contribution in [-0.4, -0.2) is 39.4 Å². The third-order valence-corrected chi connectivity index (χ3v) is 10.6. The smallest absolute Gasteiger partial charge is 0.335 e. The van der Waals surface area contributed by atoms with Crippen LogP contribution in [0.25, 0.3) is 10.2 Å². The second kappa shape index (κ2) is 9.33. The van der Waals surface area contributed by atoms with Crippen LogP contribution in [0.15, 0.2) is 22.7 Å². The number of ether oxygens (including phenoxy) is 1. The van der Waals surface area contributed by atoms with Crippen molar-refractivity contribution in [1.82, 2.24) is 10.1 Å². The minimum atomic E-state index is -0.895. The number of aromatic nitrogens is 2. The molecule has 8 heteroatoms. The van der Waals surface area contributed by atoms with Crippen LogP contribution in [0, 0.1) is 5.41 Å². The minimum absolute atomic E-state index is 0.233. The van der Waals surface area contributed by atoms with Crippen LogP contribution in [-0.2, 0) is 11.3 Å². The summed E-state index contributed by atoms with van der Waals surface area (Å²) in [4.78, 5) is 18.8. The topological polar surface area (TPSA) is 88.7 Å². The van der Waals surface area contributed by atoms with E-state index in [4.69, 9.17) is 14.2 Å². The SMILES string of the molecule is CC1(C)CCC(c2noc(C3CC3)c2CO[C@@H]2CC3CC[C@@H](C2)N3c2nc3ccc(C(=O)O)cc3s2)CC1. The molecule has 4 heterocycles. The van der Waals surface area contributed by atoms with Gasteiger partial charge in [-0.2, -0.15) is 0 Å². The normalized spacial score (nSPS) is 27.3. The molecule has 3 aromatic rings. The van der Waals surface area contributed by atoms with Crippen LogP contribution < -0.4 is 4.90 Å². The molecule has 1 N–H and O–H groups in total. The standard InChI is InChI=1S/C30H37N3O4S/c1-30(2)11-9-17(10-12-30)26-23(27(37-32-26)18-3-4-18)16-36-22-14-20-6-7-21(15-22)33(20)29-31-24-8-5-19(28(34)35)13-25(24)38-29/h5,8,13,17-18,20-22H,3-4,6-7,9-12,14-16H2,1-2H3,(H,34,35)/t20-,21?,22-/m0/s1. The quantitative estimate of drug-likeness (QED) is 0.340. The lowest BCUT2D eigenvalue weighted by Gasteiger charge is -2.38. The van der Waals surface area contributed by atoms with Crippen LogP contribution in [0.5, 0.6) is 0 Å². The highest BCUT2D eigenvalue weighted by Crippen LogP contribution is 2.48. The van der Waals surface area contributed by atoms with Gasteiger partial charge >= 0.3 is 5.97 Å². The van der Waals surface area contributed by atoms with Gasteiger partial charge in [0.15, 0.2) is 5.13 Å². The van der Waals surface area contributed by atoms with E-state index >= 15 is 0 Å². The van der Waals surface area contributed by atoms with Gasteiger partial charge in [0, 0.05) is 29.5 Å². The summed E-state index contributed by atoms with van der Waals surface area (Å²) in [7, 11) is 0. The van der Waals surface area contributed by atoms with E-state index in [1.165, 1.54) is 49.8 Å². The molecule has 202 valence electrons. The first-order valence-electron chi connectivity index (χ1n) is 14.4. The fourth-order valence-corrected chi connectivity index (χ4v) is 8.22. The Morgan fingerprint density at radius 1 is 1.11 bits per heavy atom. The third-order valence-electron chi connectivity index (χ3n) is 9.52. The Balaban J connectivity index is 1.05. The van der Waals surface area contributed by atoms with Crippen molar-refractivity contribution in [1.29, 1.82) is 0 Å². The number of rotatable bonds is 7. The molecule has 2 aromatic heterocycles. The lowest BCUT2D eigenvalue weighted by atomic mass is 9.72. The van der Waals surface area contributed by atoms with E-state index in [-0.39, 0.29) is 6.10 Å². The highest BCUT2D eigenvalue weighted by Gasteiger charge is 2.43. The number of piperidine rings is 1. The Hall–Kier alpha value is -2.45. The number of thiazole rings is 1. The van der Waals surface area contributed by atoms with Gasteiger partial charge in [0.2, 0.25) is 0 Å². The first-order valence-corrected chi connectivity index (χ1v) is 15.2. The summed E-state index contributed by atoms with van der Waals surface area (Å²) in [6, 6.07) is 6.06. The summed E-state index contributed by atoms with van der Waals surface area (Å²) in [6.07, 6.45) is 11.8. The average Bonchev–Trinajstić information content (AvgIpc) is 3.41. The molecule has 0 amide bonds. The van der Waals surface area contributed by atoms with Gasteiger partial charge in [-0.25, -0.2) is 9.78 Å². The molecular weight excluding hydrogens is 498 g/mol. The van der Waals surface area contributed by atoms with Gasteiger partial charge in [-0.15, -0.1) is 0 Å². The number of anilines is 1. The molecule has 2 aliphatic carbocycles. The van der Waals surface area contributed by atoms with Crippen LogP contribution in [0.3, 0.4) is 0 Å². The van der Waals surface area contributed by atoms with Gasteiger partial charge in [0.05, 0.1) is 34.2 Å². The van der Waals surface area contributed by atoms with E-state index in [9.17, 15) is 9.90 Å². The Morgan fingerprint density at radius 2 is 1.84 bits per heavy atom. The molecule has 7 rings (SSSR count). The summed E-state index contributed by atoms with van der Waals surface area (Å²) >= 11 is 1.62. The molecule has 1 unspecified atom stereocenters. The fourth-order valence-electron chi connectivity index (χ4n) is 7.07. The van der Waals surface area contributed by atoms with Crippen molar-refractivity contribution in [2.45, 2.75) is 115 Å². The van der Waals surface area contributed by atoms with E-state index in [1.807, 2.05) is 6.07 Å². The maximum atomic E-state index is 11.4. The van der Waals surface area contributed by atoms with E-state index in [0.717, 1.165) is 46.8 Å². The van der Waals surface area contributed by atoms with Crippen molar-refractivity contribution < 1.29 is 19.2 Å². The lowest BCUT2D eigenvalue weighted by molar-refractivity contribution is 0.0140. The van der Waals surface area contributed by atoms with Crippen molar-refractivity contribution >= 4 is 32.7 Å². The van der Waals surface area contributed by atoms with Crippen molar-refractivity contribution in [2.24, 2.45) is 5.41 Å². The Bertz CT molecular complexity index is 1330. The minimum Gasteiger partial charge on any atom is -0.478 e. The third kappa shape index (κ3) is 4.53. The number of carboxylic acid groups (broad SMARTS) is 1. The molecule has 2 aliphatic heterocycles. The molecule has 0 radical (unpaired) electrons. The van der Waals surface area contributed by atoms with Gasteiger partial charge in [-0.3, -0.25) is 0 Å². The molecule has 4 aliphatic rings. The maximum absolute atomic E-state index is 11.4. The highest BCUT2D eigenvalue weighted by molar-refractivity contribution is 7.22. The highest BCUT2D eigenvalue weighted by atomic mass is 32.1. The molecule has 1 aromatic carbocycles. The average molecular weight is 536 g/mol. The van der Waals surface area contributed by atoms with Gasteiger partial charge < -0.3 is 19.3 Å². The Kier molecular flexibility index (Phi) is 6.04. The maximum Gasteiger partial charge on any atom is 0.335 e. The van der Waals surface area contributed by atoms with Gasteiger partial charge in [-0.05, 0) is 87.8 Å². The van der Waals surface area contributed by atoms with Gasteiger partial charge in [0.25, 0.3) is 0 Å². The van der Waals surface area contributed by atoms with Gasteiger partial charge in [0.1, 0.15) is 5.76 Å². The van der Waals surface area contributed by atoms with Crippen LogP contribution in [0.4, 0.5) is 5.13 Å². The number of nitrogens with zero attached hydrogens (tertiary/aromatic N) is 3. The number of hydrogen-bond donors (Lipinski definition) is 1. The predicted octanol–water partition coefficient (Wildman–Crippen LogP) is 7.26. The zero-order valence-corrected chi connectivity index (χ0v) is 23.1. The van der Waals surface area contributed by atoms with Crippen molar-refractivity contribution in [3.63, 3.8) is 0 Å². The van der Waals surface area contributed by atoms with E-state index in [1.54, 1.807) is 23.5 Å². The predicted molar refractivity (Wildman–Crippen MR) is 147 cm³/mol. The molecule has 2 bridgehead atoms. The zero-order chi connectivity index (χ0) is 26.0. The summed E-state index contributed by atoms with van der Waals surface area (Å²) in [6.45, 7) is 5.38. The second-order valence-corrected chi connectivity index (χ2v) is 13.8. The number of hydrogen-bond acceptors (Lipinski definition) is 7. The molecule has 2 saturated heterocycles. The second-order valence-electron chi connectivity index (χ2n) is 12.8. The monoisotopic (exact) mass is 535 g/mol. The summed E-state index contributed by atoms with van der Waals surface area (Å²) in [5, 5.41) is 15.0. The number of benzene rings is 1. The summed E-state index contributed by atoms with van der Waals surface area (Å²) < 4.78 is 13.6. The first kappa shape index (κ1) is 24.6. The Labute approximate surface area is 227 Å². The van der Waals surface area contributed by atoms with E-state index in [0.29, 0.717) is 41.5 Å². The molecule has 3 atom stereocenters. The first-order chi connectivity index (χ1) is 18.3. The number of fused-ring (bicyclic) bond motifs is 3. The molecule has 38 heavy (non-hydrogen) atoms. The summed E-state index contributed by atoms with van der Waals surface area (Å²) in [5.74, 6) is 1.23. The van der Waals surface area contributed by atoms with Crippen molar-refractivity contribution in [3.8, 4) is 0 Å².